The van der Waals surface area contributed by atoms with Crippen molar-refractivity contribution in [2.24, 2.45) is 0 Å². The molecule has 0 spiro atoms. The SMILES string of the molecule is O=C1Cc2cc([N+](=O)[O-])c(NCCc3ccsc3)cc2N1. The zero-order valence-electron chi connectivity index (χ0n) is 11.1. The van der Waals surface area contributed by atoms with Gasteiger partial charge in [0.25, 0.3) is 5.69 Å². The van der Waals surface area contributed by atoms with Crippen molar-refractivity contribution in [1.82, 2.24) is 0 Å². The van der Waals surface area contributed by atoms with Gasteiger partial charge in [-0.2, -0.15) is 11.3 Å². The highest BCUT2D eigenvalue weighted by Crippen LogP contribution is 2.34. The highest BCUT2D eigenvalue weighted by Gasteiger charge is 2.24. The van der Waals surface area contributed by atoms with Crippen molar-refractivity contribution in [3.63, 3.8) is 0 Å². The van der Waals surface area contributed by atoms with Crippen LogP contribution in [0, 0.1) is 10.1 Å². The average Bonchev–Trinajstić information content (AvgIpc) is 3.05. The van der Waals surface area contributed by atoms with E-state index in [4.69, 9.17) is 0 Å². The van der Waals surface area contributed by atoms with E-state index in [-0.39, 0.29) is 18.0 Å². The van der Waals surface area contributed by atoms with Crippen molar-refractivity contribution >= 4 is 34.3 Å². The van der Waals surface area contributed by atoms with Gasteiger partial charge in [0.15, 0.2) is 0 Å². The highest BCUT2D eigenvalue weighted by molar-refractivity contribution is 7.07. The van der Waals surface area contributed by atoms with E-state index in [1.807, 2.05) is 11.4 Å². The number of fused-ring (bicyclic) bond motifs is 1. The van der Waals surface area contributed by atoms with Crippen LogP contribution < -0.4 is 10.6 Å². The molecule has 7 heteroatoms. The molecule has 0 bridgehead atoms. The predicted molar refractivity (Wildman–Crippen MR) is 81.9 cm³/mol. The van der Waals surface area contributed by atoms with Crippen molar-refractivity contribution < 1.29 is 9.72 Å². The minimum atomic E-state index is -0.421. The van der Waals surface area contributed by atoms with Crippen LogP contribution in [-0.4, -0.2) is 17.4 Å². The van der Waals surface area contributed by atoms with E-state index >= 15 is 0 Å². The van der Waals surface area contributed by atoms with Gasteiger partial charge < -0.3 is 10.6 Å². The van der Waals surface area contributed by atoms with Gasteiger partial charge in [-0.05, 0) is 40.4 Å². The Morgan fingerprint density at radius 2 is 2.29 bits per heavy atom. The van der Waals surface area contributed by atoms with Gasteiger partial charge in [-0.3, -0.25) is 14.9 Å². The van der Waals surface area contributed by atoms with Gasteiger partial charge in [-0.1, -0.05) is 0 Å². The fraction of sp³-hybridized carbons (Fsp3) is 0.214. The molecular weight excluding hydrogens is 290 g/mol. The summed E-state index contributed by atoms with van der Waals surface area (Å²) in [6, 6.07) is 5.15. The molecular formula is C14H13N3O3S. The Bertz CT molecular complexity index is 698. The fourth-order valence-corrected chi connectivity index (χ4v) is 3.03. The molecule has 2 N–H and O–H groups in total. The lowest BCUT2D eigenvalue weighted by Gasteiger charge is -2.09. The molecule has 0 unspecified atom stereocenters. The van der Waals surface area contributed by atoms with Gasteiger partial charge in [-0.15, -0.1) is 0 Å². The number of carbonyl (C=O) groups is 1. The number of nitrogens with zero attached hydrogens (tertiary/aromatic N) is 1. The zero-order valence-corrected chi connectivity index (χ0v) is 11.9. The smallest absolute Gasteiger partial charge is 0.292 e. The first-order valence-electron chi connectivity index (χ1n) is 6.49. The van der Waals surface area contributed by atoms with Crippen LogP contribution in [0.4, 0.5) is 17.1 Å². The molecule has 2 aromatic rings. The van der Waals surface area contributed by atoms with Gasteiger partial charge in [0.2, 0.25) is 5.91 Å². The van der Waals surface area contributed by atoms with E-state index in [2.05, 4.69) is 16.0 Å². The second-order valence-electron chi connectivity index (χ2n) is 4.82. The van der Waals surface area contributed by atoms with E-state index in [1.165, 1.54) is 11.6 Å². The standard InChI is InChI=1S/C14H13N3O3S/c18-14-6-10-5-13(17(19)20)12(7-11(10)16-14)15-3-1-9-2-4-21-8-9/h2,4-5,7-8,15H,1,3,6H2,(H,16,18). The van der Waals surface area contributed by atoms with Crippen LogP contribution in [0.2, 0.25) is 0 Å². The number of amides is 1. The Kier molecular flexibility index (Phi) is 3.57. The molecule has 0 saturated carbocycles. The van der Waals surface area contributed by atoms with Gasteiger partial charge in [0, 0.05) is 18.3 Å². The summed E-state index contributed by atoms with van der Waals surface area (Å²) in [5.74, 6) is -0.130. The number of anilines is 2. The number of benzene rings is 1. The molecule has 108 valence electrons. The van der Waals surface area contributed by atoms with Gasteiger partial charge >= 0.3 is 0 Å². The fourth-order valence-electron chi connectivity index (χ4n) is 2.33. The molecule has 1 aromatic carbocycles. The van der Waals surface area contributed by atoms with E-state index in [9.17, 15) is 14.9 Å². The summed E-state index contributed by atoms with van der Waals surface area (Å²) in [7, 11) is 0. The van der Waals surface area contributed by atoms with Crippen molar-refractivity contribution in [3.05, 3.63) is 50.2 Å². The molecule has 2 heterocycles. The van der Waals surface area contributed by atoms with Gasteiger partial charge in [0.1, 0.15) is 5.69 Å². The number of thiophene rings is 1. The van der Waals surface area contributed by atoms with Crippen LogP contribution in [-0.2, 0) is 17.6 Å². The maximum absolute atomic E-state index is 11.4. The maximum Gasteiger partial charge on any atom is 0.292 e. The Hall–Kier alpha value is -2.41. The predicted octanol–water partition coefficient (Wildman–Crippen LogP) is 2.81. The lowest BCUT2D eigenvalue weighted by atomic mass is 10.1. The summed E-state index contributed by atoms with van der Waals surface area (Å²) in [5, 5.41) is 21.0. The van der Waals surface area contributed by atoms with Crippen molar-refractivity contribution in [1.29, 1.82) is 0 Å². The van der Waals surface area contributed by atoms with Crippen LogP contribution in [0.3, 0.4) is 0 Å². The average molecular weight is 303 g/mol. The maximum atomic E-state index is 11.4. The first-order chi connectivity index (χ1) is 10.1. The molecule has 1 aliphatic rings. The summed E-state index contributed by atoms with van der Waals surface area (Å²) in [4.78, 5) is 22.1. The summed E-state index contributed by atoms with van der Waals surface area (Å²) in [6.07, 6.45) is 0.995. The molecule has 0 saturated heterocycles. The largest absolute Gasteiger partial charge is 0.379 e. The van der Waals surface area contributed by atoms with Crippen molar-refractivity contribution in [2.45, 2.75) is 12.8 Å². The first-order valence-corrected chi connectivity index (χ1v) is 7.44. The quantitative estimate of drug-likeness (QED) is 0.657. The first kappa shape index (κ1) is 13.6. The zero-order chi connectivity index (χ0) is 14.8. The third kappa shape index (κ3) is 2.87. The van der Waals surface area contributed by atoms with Crippen LogP contribution in [0.5, 0.6) is 0 Å². The number of hydrogen-bond acceptors (Lipinski definition) is 5. The summed E-state index contributed by atoms with van der Waals surface area (Å²) < 4.78 is 0. The topological polar surface area (TPSA) is 84.3 Å². The molecule has 1 aliphatic heterocycles. The normalized spacial score (nSPS) is 12.9. The molecule has 1 aromatic heterocycles. The number of nitro groups is 1. The Balaban J connectivity index is 1.78. The Morgan fingerprint density at radius 3 is 3.00 bits per heavy atom. The van der Waals surface area contributed by atoms with E-state index < -0.39 is 4.92 Å². The molecule has 6 nitrogen and oxygen atoms in total. The second kappa shape index (κ2) is 5.53. The lowest BCUT2D eigenvalue weighted by molar-refractivity contribution is -0.384. The van der Waals surface area contributed by atoms with Crippen LogP contribution in [0.1, 0.15) is 11.1 Å². The number of rotatable bonds is 5. The van der Waals surface area contributed by atoms with Crippen LogP contribution >= 0.6 is 11.3 Å². The number of nitro benzene ring substituents is 1. The summed E-state index contributed by atoms with van der Waals surface area (Å²) in [5.41, 5.74) is 2.98. The van der Waals surface area contributed by atoms with E-state index in [0.29, 0.717) is 23.5 Å². The monoisotopic (exact) mass is 303 g/mol. The van der Waals surface area contributed by atoms with Crippen molar-refractivity contribution in [3.8, 4) is 0 Å². The van der Waals surface area contributed by atoms with Crippen LogP contribution in [0.25, 0.3) is 0 Å². The van der Waals surface area contributed by atoms with E-state index in [1.54, 1.807) is 17.4 Å². The molecule has 1 amide bonds. The summed E-state index contributed by atoms with van der Waals surface area (Å²) in [6.45, 7) is 0.601. The van der Waals surface area contributed by atoms with Gasteiger partial charge in [0.05, 0.1) is 11.3 Å². The second-order valence-corrected chi connectivity index (χ2v) is 5.60. The highest BCUT2D eigenvalue weighted by atomic mass is 32.1. The van der Waals surface area contributed by atoms with Crippen molar-refractivity contribution in [2.75, 3.05) is 17.2 Å². The molecule has 21 heavy (non-hydrogen) atoms. The number of hydrogen-bond donors (Lipinski definition) is 2. The molecule has 0 fully saturated rings. The molecule has 0 aliphatic carbocycles. The minimum Gasteiger partial charge on any atom is -0.379 e. The van der Waals surface area contributed by atoms with E-state index in [0.717, 1.165) is 6.42 Å². The molecule has 3 rings (SSSR count). The third-order valence-electron chi connectivity index (χ3n) is 3.35. The molecule has 0 atom stereocenters. The molecule has 0 radical (unpaired) electrons. The Labute approximate surface area is 124 Å². The Morgan fingerprint density at radius 1 is 1.43 bits per heavy atom. The lowest BCUT2D eigenvalue weighted by Crippen LogP contribution is -2.07. The summed E-state index contributed by atoms with van der Waals surface area (Å²) >= 11 is 1.63. The number of carbonyl (C=O) groups excluding carboxylic acids is 1. The number of nitrogens with one attached hydrogen (secondary N) is 2. The third-order valence-corrected chi connectivity index (χ3v) is 4.08. The minimum absolute atomic E-state index is 0.00979. The van der Waals surface area contributed by atoms with Crippen LogP contribution in [0.15, 0.2) is 29.0 Å². The van der Waals surface area contributed by atoms with Gasteiger partial charge in [-0.25, -0.2) is 0 Å².